The van der Waals surface area contributed by atoms with E-state index in [-0.39, 0.29) is 23.8 Å². The van der Waals surface area contributed by atoms with E-state index in [0.717, 1.165) is 18.9 Å². The minimum atomic E-state index is -4.45. The highest BCUT2D eigenvalue weighted by Gasteiger charge is 2.37. The minimum absolute atomic E-state index is 0.0409. The Labute approximate surface area is 130 Å². The summed E-state index contributed by atoms with van der Waals surface area (Å²) in [5.41, 5.74) is -0.505. The number of carbonyl (C=O) groups is 1. The fraction of sp³-hybridized carbons (Fsp3) is 0.375. The summed E-state index contributed by atoms with van der Waals surface area (Å²) in [6.45, 7) is 1.56. The highest BCUT2D eigenvalue weighted by atomic mass is 19.4. The fourth-order valence-electron chi connectivity index (χ4n) is 2.49. The number of halogens is 3. The van der Waals surface area contributed by atoms with Gasteiger partial charge in [-0.2, -0.15) is 13.2 Å². The maximum Gasteiger partial charge on any atom is 0.416 e. The number of aromatic nitrogens is 1. The van der Waals surface area contributed by atoms with Crippen molar-refractivity contribution in [3.8, 4) is 0 Å². The molecule has 4 nitrogen and oxygen atoms in total. The molecule has 0 saturated heterocycles. The average molecular weight is 324 g/mol. The van der Waals surface area contributed by atoms with Crippen molar-refractivity contribution in [1.82, 2.24) is 10.1 Å². The second-order valence-corrected chi connectivity index (χ2v) is 5.64. The van der Waals surface area contributed by atoms with Crippen molar-refractivity contribution in [2.24, 2.45) is 0 Å². The van der Waals surface area contributed by atoms with Gasteiger partial charge in [0.25, 0.3) is 5.91 Å². The Kier molecular flexibility index (Phi) is 3.87. The quantitative estimate of drug-likeness (QED) is 0.859. The van der Waals surface area contributed by atoms with Crippen LogP contribution in [0.4, 0.5) is 13.2 Å². The van der Waals surface area contributed by atoms with Gasteiger partial charge in [-0.25, -0.2) is 0 Å². The number of rotatable bonds is 4. The van der Waals surface area contributed by atoms with Crippen LogP contribution >= 0.6 is 0 Å². The molecular formula is C16H15F3N2O2. The first-order valence-electron chi connectivity index (χ1n) is 7.25. The number of carbonyl (C=O) groups excluding carboxylic acids is 1. The lowest BCUT2D eigenvalue weighted by molar-refractivity contribution is -0.138. The van der Waals surface area contributed by atoms with Crippen LogP contribution in [-0.2, 0) is 12.7 Å². The van der Waals surface area contributed by atoms with Crippen molar-refractivity contribution < 1.29 is 22.5 Å². The molecule has 1 aromatic carbocycles. The molecule has 0 radical (unpaired) electrons. The van der Waals surface area contributed by atoms with Crippen LogP contribution in [0.2, 0.25) is 0 Å². The van der Waals surface area contributed by atoms with E-state index in [9.17, 15) is 18.0 Å². The Hall–Kier alpha value is -2.31. The largest absolute Gasteiger partial charge is 0.416 e. The third-order valence-electron chi connectivity index (χ3n) is 3.76. The van der Waals surface area contributed by atoms with Crippen LogP contribution < -0.4 is 0 Å². The summed E-state index contributed by atoms with van der Waals surface area (Å²) >= 11 is 0. The molecule has 122 valence electrons. The Balaban J connectivity index is 1.88. The second kappa shape index (κ2) is 5.72. The summed E-state index contributed by atoms with van der Waals surface area (Å²) in [6, 6.07) is 6.77. The molecule has 7 heteroatoms. The first-order valence-corrected chi connectivity index (χ1v) is 7.25. The summed E-state index contributed by atoms with van der Waals surface area (Å²) < 4.78 is 44.2. The summed E-state index contributed by atoms with van der Waals surface area (Å²) in [5, 5.41) is 3.67. The molecule has 1 aliphatic carbocycles. The van der Waals surface area contributed by atoms with E-state index in [2.05, 4.69) is 5.16 Å². The molecule has 23 heavy (non-hydrogen) atoms. The summed E-state index contributed by atoms with van der Waals surface area (Å²) in [6.07, 6.45) is -2.87. The molecule has 1 heterocycles. The zero-order valence-corrected chi connectivity index (χ0v) is 12.4. The van der Waals surface area contributed by atoms with Crippen molar-refractivity contribution in [3.05, 3.63) is 52.9 Å². The number of hydrogen-bond acceptors (Lipinski definition) is 3. The van der Waals surface area contributed by atoms with Gasteiger partial charge in [0.1, 0.15) is 5.76 Å². The van der Waals surface area contributed by atoms with Crippen molar-refractivity contribution in [2.45, 2.75) is 38.5 Å². The fourth-order valence-corrected chi connectivity index (χ4v) is 2.49. The lowest BCUT2D eigenvalue weighted by Gasteiger charge is -2.23. The van der Waals surface area contributed by atoms with Gasteiger partial charge in [0, 0.05) is 18.7 Å². The maximum absolute atomic E-state index is 13.1. The van der Waals surface area contributed by atoms with Gasteiger partial charge in [0.2, 0.25) is 0 Å². The van der Waals surface area contributed by atoms with Gasteiger partial charge in [0.05, 0.1) is 5.56 Å². The number of nitrogens with zero attached hydrogens (tertiary/aromatic N) is 2. The maximum atomic E-state index is 13.1. The number of alkyl halides is 3. The molecule has 1 saturated carbocycles. The topological polar surface area (TPSA) is 46.3 Å². The van der Waals surface area contributed by atoms with E-state index in [0.29, 0.717) is 5.76 Å². The van der Waals surface area contributed by atoms with E-state index >= 15 is 0 Å². The lowest BCUT2D eigenvalue weighted by atomic mass is 10.1. The minimum Gasteiger partial charge on any atom is -0.361 e. The molecule has 1 aromatic heterocycles. The monoisotopic (exact) mass is 324 g/mol. The number of hydrogen-bond donors (Lipinski definition) is 0. The first kappa shape index (κ1) is 15.6. The van der Waals surface area contributed by atoms with Crippen LogP contribution in [-0.4, -0.2) is 22.0 Å². The Morgan fingerprint density at radius 3 is 2.61 bits per heavy atom. The number of aryl methyl sites for hydroxylation is 1. The third-order valence-corrected chi connectivity index (χ3v) is 3.76. The molecule has 0 bridgehead atoms. The van der Waals surface area contributed by atoms with E-state index in [1.54, 1.807) is 13.0 Å². The van der Waals surface area contributed by atoms with Crippen LogP contribution in [0.5, 0.6) is 0 Å². The van der Waals surface area contributed by atoms with Crippen LogP contribution in [0, 0.1) is 6.92 Å². The smallest absolute Gasteiger partial charge is 0.361 e. The molecule has 0 spiro atoms. The van der Waals surface area contributed by atoms with E-state index < -0.39 is 17.6 Å². The van der Waals surface area contributed by atoms with Gasteiger partial charge in [-0.1, -0.05) is 23.4 Å². The van der Waals surface area contributed by atoms with Crippen LogP contribution in [0.15, 0.2) is 34.9 Å². The van der Waals surface area contributed by atoms with Gasteiger partial charge in [-0.05, 0) is 31.4 Å². The normalized spacial score (nSPS) is 14.8. The molecule has 0 aliphatic heterocycles. The van der Waals surface area contributed by atoms with Crippen molar-refractivity contribution in [1.29, 1.82) is 0 Å². The van der Waals surface area contributed by atoms with Crippen LogP contribution in [0.3, 0.4) is 0 Å². The zero-order valence-electron chi connectivity index (χ0n) is 12.4. The van der Waals surface area contributed by atoms with Crippen molar-refractivity contribution >= 4 is 5.91 Å². The first-order chi connectivity index (χ1) is 10.9. The number of benzene rings is 1. The SMILES string of the molecule is Cc1cc(C(=O)N(Cc2ccccc2C(F)(F)F)C2CC2)no1. The molecule has 0 unspecified atom stereocenters. The molecule has 0 N–H and O–H groups in total. The van der Waals surface area contributed by atoms with E-state index in [1.807, 2.05) is 0 Å². The summed E-state index contributed by atoms with van der Waals surface area (Å²) in [7, 11) is 0. The van der Waals surface area contributed by atoms with E-state index in [1.165, 1.54) is 23.1 Å². The average Bonchev–Trinajstić information content (AvgIpc) is 3.24. The molecule has 1 fully saturated rings. The molecule has 2 aromatic rings. The van der Waals surface area contributed by atoms with E-state index in [4.69, 9.17) is 4.52 Å². The zero-order chi connectivity index (χ0) is 16.6. The highest BCUT2D eigenvalue weighted by Crippen LogP contribution is 2.35. The molecular weight excluding hydrogens is 309 g/mol. The van der Waals surface area contributed by atoms with Gasteiger partial charge in [0.15, 0.2) is 5.69 Å². The highest BCUT2D eigenvalue weighted by molar-refractivity contribution is 5.92. The molecule has 1 amide bonds. The molecule has 1 aliphatic rings. The standard InChI is InChI=1S/C16H15F3N2O2/c1-10-8-14(20-23-10)15(22)21(12-6-7-12)9-11-4-2-3-5-13(11)16(17,18)19/h2-5,8,12H,6-7,9H2,1H3. The Bertz CT molecular complexity index is 720. The Morgan fingerprint density at radius 1 is 1.35 bits per heavy atom. The molecule has 3 rings (SSSR count). The summed E-state index contributed by atoms with van der Waals surface area (Å²) in [5.74, 6) is 0.0844. The summed E-state index contributed by atoms with van der Waals surface area (Å²) in [4.78, 5) is 14.0. The predicted octanol–water partition coefficient (Wildman–Crippen LogP) is 3.81. The lowest BCUT2D eigenvalue weighted by Crippen LogP contribution is -2.33. The molecule has 0 atom stereocenters. The number of amides is 1. The van der Waals surface area contributed by atoms with Gasteiger partial charge in [-0.15, -0.1) is 0 Å². The van der Waals surface area contributed by atoms with Crippen molar-refractivity contribution in [2.75, 3.05) is 0 Å². The van der Waals surface area contributed by atoms with Gasteiger partial charge < -0.3 is 9.42 Å². The van der Waals surface area contributed by atoms with Crippen LogP contribution in [0.25, 0.3) is 0 Å². The van der Waals surface area contributed by atoms with Gasteiger partial charge in [-0.3, -0.25) is 4.79 Å². The van der Waals surface area contributed by atoms with Gasteiger partial charge >= 0.3 is 6.18 Å². The predicted molar refractivity (Wildman–Crippen MR) is 75.6 cm³/mol. The second-order valence-electron chi connectivity index (χ2n) is 5.64. The Morgan fingerprint density at radius 2 is 2.04 bits per heavy atom. The van der Waals surface area contributed by atoms with Crippen molar-refractivity contribution in [3.63, 3.8) is 0 Å². The third kappa shape index (κ3) is 3.38. The van der Waals surface area contributed by atoms with Crippen LogP contribution in [0.1, 0.15) is 40.2 Å².